The normalized spacial score (nSPS) is 24.0. The molecule has 1 saturated heterocycles. The second kappa shape index (κ2) is 5.06. The van der Waals surface area contributed by atoms with Gasteiger partial charge in [0.2, 0.25) is 0 Å². The van der Waals surface area contributed by atoms with Gasteiger partial charge in [0.25, 0.3) is 0 Å². The lowest BCUT2D eigenvalue weighted by molar-refractivity contribution is 0.0707. The van der Waals surface area contributed by atoms with Crippen molar-refractivity contribution < 1.29 is 4.74 Å². The molecule has 19 heavy (non-hydrogen) atoms. The quantitative estimate of drug-likeness (QED) is 0.794. The Labute approximate surface area is 110 Å². The van der Waals surface area contributed by atoms with E-state index in [9.17, 15) is 0 Å². The van der Waals surface area contributed by atoms with E-state index in [1.807, 2.05) is 12.1 Å². The van der Waals surface area contributed by atoms with E-state index in [4.69, 9.17) is 10.5 Å². The Morgan fingerprint density at radius 3 is 3.16 bits per heavy atom. The molecule has 0 saturated carbocycles. The molecule has 1 fully saturated rings. The van der Waals surface area contributed by atoms with Gasteiger partial charge in [-0.05, 0) is 35.4 Å². The van der Waals surface area contributed by atoms with Gasteiger partial charge in [0.1, 0.15) is 0 Å². The first-order chi connectivity index (χ1) is 9.31. The maximum absolute atomic E-state index is 5.87. The molecule has 3 rings (SSSR count). The second-order valence-electron chi connectivity index (χ2n) is 4.68. The van der Waals surface area contributed by atoms with Gasteiger partial charge in [-0.3, -0.25) is 0 Å². The van der Waals surface area contributed by atoms with Crippen LogP contribution in [0.5, 0.6) is 0 Å². The van der Waals surface area contributed by atoms with E-state index in [1.54, 1.807) is 7.11 Å². The van der Waals surface area contributed by atoms with E-state index in [0.29, 0.717) is 12.2 Å². The van der Waals surface area contributed by atoms with Gasteiger partial charge < -0.3 is 15.4 Å². The van der Waals surface area contributed by atoms with Crippen molar-refractivity contribution in [3.63, 3.8) is 0 Å². The van der Waals surface area contributed by atoms with Gasteiger partial charge in [0, 0.05) is 26.2 Å². The van der Waals surface area contributed by atoms with Gasteiger partial charge in [0.15, 0.2) is 11.5 Å². The van der Waals surface area contributed by atoms with Crippen LogP contribution in [0, 0.1) is 0 Å². The first kappa shape index (κ1) is 12.2. The Morgan fingerprint density at radius 1 is 1.47 bits per heavy atom. The number of aromatic nitrogens is 5. The lowest BCUT2D eigenvalue weighted by atomic mass is 9.99. The van der Waals surface area contributed by atoms with Gasteiger partial charge in [0.05, 0.1) is 6.10 Å². The fourth-order valence-electron chi connectivity index (χ4n) is 2.55. The number of nitrogens with two attached hydrogens (primary N) is 1. The van der Waals surface area contributed by atoms with Crippen molar-refractivity contribution in [3.05, 3.63) is 12.1 Å². The summed E-state index contributed by atoms with van der Waals surface area (Å²) in [6, 6.07) is 4.03. The van der Waals surface area contributed by atoms with Gasteiger partial charge in [-0.1, -0.05) is 0 Å². The molecule has 3 heterocycles. The molecular weight excluding hydrogens is 246 g/mol. The number of rotatable bonds is 3. The van der Waals surface area contributed by atoms with Crippen molar-refractivity contribution in [3.8, 4) is 0 Å². The predicted octanol–water partition coefficient (Wildman–Crippen LogP) is -0.538. The zero-order chi connectivity index (χ0) is 13.2. The van der Waals surface area contributed by atoms with E-state index in [0.717, 1.165) is 25.2 Å². The average molecular weight is 263 g/mol. The fraction of sp³-hybridized carbons (Fsp3) is 0.636. The van der Waals surface area contributed by atoms with E-state index >= 15 is 0 Å². The first-order valence-corrected chi connectivity index (χ1v) is 6.36. The van der Waals surface area contributed by atoms with Crippen molar-refractivity contribution in [1.82, 2.24) is 25.3 Å². The molecule has 1 aliphatic heterocycles. The van der Waals surface area contributed by atoms with Gasteiger partial charge in [-0.15, -0.1) is 14.8 Å². The Bertz CT molecular complexity index is 557. The van der Waals surface area contributed by atoms with Crippen LogP contribution in [-0.4, -0.2) is 57.6 Å². The van der Waals surface area contributed by atoms with Crippen LogP contribution in [0.25, 0.3) is 5.65 Å². The summed E-state index contributed by atoms with van der Waals surface area (Å²) in [5, 5.41) is 15.7. The van der Waals surface area contributed by atoms with Crippen LogP contribution < -0.4 is 10.6 Å². The number of ether oxygens (including phenoxy) is 1. The maximum atomic E-state index is 5.87. The molecule has 2 unspecified atom stereocenters. The Kier molecular flexibility index (Phi) is 3.26. The third-order valence-electron chi connectivity index (χ3n) is 3.62. The van der Waals surface area contributed by atoms with Crippen LogP contribution in [0.3, 0.4) is 0 Å². The number of hydrogen-bond acceptors (Lipinski definition) is 7. The Hall–Kier alpha value is -1.80. The summed E-state index contributed by atoms with van der Waals surface area (Å²) in [6.45, 7) is 1.45. The first-order valence-electron chi connectivity index (χ1n) is 6.36. The molecule has 0 bridgehead atoms. The van der Waals surface area contributed by atoms with Crippen LogP contribution in [-0.2, 0) is 4.74 Å². The topological polar surface area (TPSA) is 94.5 Å². The highest BCUT2D eigenvalue weighted by atomic mass is 16.5. The van der Waals surface area contributed by atoms with Crippen LogP contribution in [0.1, 0.15) is 12.8 Å². The Balaban J connectivity index is 1.87. The summed E-state index contributed by atoms with van der Waals surface area (Å²) in [5.41, 5.74) is 6.51. The predicted molar refractivity (Wildman–Crippen MR) is 68.8 cm³/mol. The highest BCUT2D eigenvalue weighted by molar-refractivity contribution is 5.45. The number of nitrogens with zero attached hydrogens (tertiary/aromatic N) is 6. The summed E-state index contributed by atoms with van der Waals surface area (Å²) >= 11 is 0. The monoisotopic (exact) mass is 263 g/mol. The molecule has 8 nitrogen and oxygen atoms in total. The molecule has 0 radical (unpaired) electrons. The van der Waals surface area contributed by atoms with Crippen molar-refractivity contribution in [1.29, 1.82) is 0 Å². The highest BCUT2D eigenvalue weighted by Crippen LogP contribution is 2.24. The molecule has 102 valence electrons. The van der Waals surface area contributed by atoms with Crippen molar-refractivity contribution >= 4 is 11.5 Å². The lowest BCUT2D eigenvalue weighted by Crippen LogP contribution is -2.49. The van der Waals surface area contributed by atoms with Crippen LogP contribution in [0.4, 0.5) is 5.82 Å². The van der Waals surface area contributed by atoms with E-state index in [1.165, 1.54) is 4.63 Å². The molecule has 2 atom stereocenters. The molecule has 0 spiro atoms. The van der Waals surface area contributed by atoms with E-state index < -0.39 is 0 Å². The molecule has 2 aromatic heterocycles. The molecule has 2 N–H and O–H groups in total. The number of anilines is 1. The van der Waals surface area contributed by atoms with E-state index in [-0.39, 0.29) is 12.1 Å². The zero-order valence-electron chi connectivity index (χ0n) is 10.8. The second-order valence-corrected chi connectivity index (χ2v) is 4.68. The molecule has 0 aliphatic carbocycles. The van der Waals surface area contributed by atoms with Crippen LogP contribution in [0.15, 0.2) is 12.1 Å². The molecule has 0 aromatic carbocycles. The van der Waals surface area contributed by atoms with Crippen molar-refractivity contribution in [2.24, 2.45) is 5.73 Å². The van der Waals surface area contributed by atoms with E-state index in [2.05, 4.69) is 25.5 Å². The average Bonchev–Trinajstić information content (AvgIpc) is 2.93. The van der Waals surface area contributed by atoms with Gasteiger partial charge >= 0.3 is 0 Å². The Morgan fingerprint density at radius 2 is 2.37 bits per heavy atom. The van der Waals surface area contributed by atoms with Crippen molar-refractivity contribution in [2.75, 3.05) is 25.1 Å². The van der Waals surface area contributed by atoms with Crippen LogP contribution in [0.2, 0.25) is 0 Å². The number of fused-ring (bicyclic) bond motifs is 1. The van der Waals surface area contributed by atoms with Gasteiger partial charge in [-0.2, -0.15) is 0 Å². The summed E-state index contributed by atoms with van der Waals surface area (Å²) in [7, 11) is 1.75. The number of methoxy groups -OCH3 is 1. The summed E-state index contributed by atoms with van der Waals surface area (Å²) in [6.07, 6.45) is 2.17. The number of hydrogen-bond donors (Lipinski definition) is 1. The zero-order valence-corrected chi connectivity index (χ0v) is 10.8. The maximum Gasteiger partial charge on any atom is 0.200 e. The highest BCUT2D eigenvalue weighted by Gasteiger charge is 2.28. The number of tetrazole rings is 1. The molecule has 1 aliphatic rings. The standard InChI is InChI=1S/C11H17N7O/c1-19-9-4-5-17(8(6-9)7-12)11-3-2-10-13-15-16-18(10)14-11/h2-3,8-9H,4-7,12H2,1H3. The minimum absolute atomic E-state index is 0.236. The third-order valence-corrected chi connectivity index (χ3v) is 3.62. The summed E-state index contributed by atoms with van der Waals surface area (Å²) in [5.74, 6) is 0.852. The molecular formula is C11H17N7O. The van der Waals surface area contributed by atoms with Crippen LogP contribution >= 0.6 is 0 Å². The molecule has 0 amide bonds. The minimum Gasteiger partial charge on any atom is -0.381 e. The third kappa shape index (κ3) is 2.24. The smallest absolute Gasteiger partial charge is 0.200 e. The van der Waals surface area contributed by atoms with Gasteiger partial charge in [-0.25, -0.2) is 0 Å². The summed E-state index contributed by atoms with van der Waals surface area (Å²) < 4.78 is 6.86. The summed E-state index contributed by atoms with van der Waals surface area (Å²) in [4.78, 5) is 2.20. The number of piperidine rings is 1. The minimum atomic E-state index is 0.236. The SMILES string of the molecule is COC1CCN(c2ccc3nnnn3n2)C(CN)C1. The fourth-order valence-corrected chi connectivity index (χ4v) is 2.55. The molecule has 2 aromatic rings. The lowest BCUT2D eigenvalue weighted by Gasteiger charge is -2.39. The largest absolute Gasteiger partial charge is 0.381 e. The van der Waals surface area contributed by atoms with Crippen molar-refractivity contribution in [2.45, 2.75) is 25.0 Å². The molecule has 8 heteroatoms.